The molecule has 1 aromatic carbocycles. The van der Waals surface area contributed by atoms with E-state index in [4.69, 9.17) is 23.2 Å². The molecule has 0 bridgehead atoms. The van der Waals surface area contributed by atoms with Crippen LogP contribution in [0.15, 0.2) is 34.9 Å². The first kappa shape index (κ1) is 21.6. The zero-order valence-electron chi connectivity index (χ0n) is 15.3. The van der Waals surface area contributed by atoms with E-state index in [1.165, 1.54) is 29.2 Å². The maximum Gasteiger partial charge on any atom is 0.253 e. The molecule has 29 heavy (non-hydrogen) atoms. The van der Waals surface area contributed by atoms with Crippen molar-refractivity contribution in [1.82, 2.24) is 25.1 Å². The standard InChI is InChI=1S/C17H16Cl2N6O2S2/c1-9(21-15(27)11-4-3-10(18)7-12(11)19)14-23-24-17(25(14)2)29-8-13(26)22-16-20-5-6-28-16/h3-7,9H,8H2,1-2H3,(H,21,27)(H,20,22,26)/t9-/m1/s1. The van der Waals surface area contributed by atoms with E-state index in [9.17, 15) is 9.59 Å². The number of hydrogen-bond donors (Lipinski definition) is 2. The van der Waals surface area contributed by atoms with E-state index in [1.54, 1.807) is 42.2 Å². The minimum Gasteiger partial charge on any atom is -0.342 e. The second-order valence-corrected chi connectivity index (χ2v) is 8.57. The first-order chi connectivity index (χ1) is 13.8. The summed E-state index contributed by atoms with van der Waals surface area (Å²) in [7, 11) is 1.77. The third-order valence-electron chi connectivity index (χ3n) is 3.79. The average Bonchev–Trinajstić information content (AvgIpc) is 3.29. The van der Waals surface area contributed by atoms with Gasteiger partial charge in [-0.25, -0.2) is 4.98 Å². The highest BCUT2D eigenvalue weighted by Gasteiger charge is 2.20. The molecule has 0 aliphatic heterocycles. The number of anilines is 1. The number of nitrogens with zero attached hydrogens (tertiary/aromatic N) is 4. The monoisotopic (exact) mass is 470 g/mol. The second-order valence-electron chi connectivity index (χ2n) is 5.89. The topological polar surface area (TPSA) is 102 Å². The number of carbonyl (C=O) groups is 2. The summed E-state index contributed by atoms with van der Waals surface area (Å²) in [5, 5.41) is 17.4. The van der Waals surface area contributed by atoms with Crippen LogP contribution in [0.4, 0.5) is 5.13 Å². The van der Waals surface area contributed by atoms with Crippen LogP contribution in [0.25, 0.3) is 0 Å². The van der Waals surface area contributed by atoms with Crippen molar-refractivity contribution in [1.29, 1.82) is 0 Å². The van der Waals surface area contributed by atoms with Gasteiger partial charge >= 0.3 is 0 Å². The predicted molar refractivity (Wildman–Crippen MR) is 115 cm³/mol. The molecule has 0 fully saturated rings. The fraction of sp³-hybridized carbons (Fsp3) is 0.235. The van der Waals surface area contributed by atoms with Crippen molar-refractivity contribution >= 4 is 63.2 Å². The van der Waals surface area contributed by atoms with Crippen LogP contribution in [-0.2, 0) is 11.8 Å². The third-order valence-corrected chi connectivity index (χ3v) is 6.05. The number of nitrogens with one attached hydrogen (secondary N) is 2. The Hall–Kier alpha value is -2.14. The summed E-state index contributed by atoms with van der Waals surface area (Å²) in [5.41, 5.74) is 0.318. The molecule has 0 radical (unpaired) electrons. The van der Waals surface area contributed by atoms with Gasteiger partial charge in [-0.3, -0.25) is 9.59 Å². The van der Waals surface area contributed by atoms with E-state index in [0.29, 0.717) is 26.7 Å². The zero-order chi connectivity index (χ0) is 21.0. The van der Waals surface area contributed by atoms with Crippen LogP contribution in [0.1, 0.15) is 29.1 Å². The van der Waals surface area contributed by atoms with Gasteiger partial charge in [0.05, 0.1) is 22.4 Å². The van der Waals surface area contributed by atoms with E-state index < -0.39 is 6.04 Å². The van der Waals surface area contributed by atoms with Gasteiger partial charge in [0.15, 0.2) is 16.1 Å². The van der Waals surface area contributed by atoms with Gasteiger partial charge in [0.1, 0.15) is 0 Å². The Labute approximate surface area is 185 Å². The van der Waals surface area contributed by atoms with Crippen LogP contribution in [0, 0.1) is 0 Å². The summed E-state index contributed by atoms with van der Waals surface area (Å²) < 4.78 is 1.73. The van der Waals surface area contributed by atoms with Gasteiger partial charge in [-0.05, 0) is 25.1 Å². The van der Waals surface area contributed by atoms with E-state index in [0.717, 1.165) is 0 Å². The summed E-state index contributed by atoms with van der Waals surface area (Å²) >= 11 is 14.5. The van der Waals surface area contributed by atoms with Gasteiger partial charge in [0.2, 0.25) is 5.91 Å². The SMILES string of the molecule is C[C@@H](NC(=O)c1ccc(Cl)cc1Cl)c1nnc(SCC(=O)Nc2nccs2)n1C. The first-order valence-corrected chi connectivity index (χ1v) is 10.9. The fourth-order valence-electron chi connectivity index (χ4n) is 2.41. The predicted octanol–water partition coefficient (Wildman–Crippen LogP) is 3.80. The molecule has 2 amide bonds. The molecule has 12 heteroatoms. The van der Waals surface area contributed by atoms with Crippen LogP contribution in [-0.4, -0.2) is 37.3 Å². The molecule has 0 spiro atoms. The fourth-order valence-corrected chi connectivity index (χ4v) is 4.17. The van der Waals surface area contributed by atoms with E-state index in [1.807, 2.05) is 0 Å². The number of rotatable bonds is 7. The Morgan fingerprint density at radius 2 is 2.10 bits per heavy atom. The molecule has 0 saturated heterocycles. The minimum atomic E-state index is -0.426. The van der Waals surface area contributed by atoms with Crippen molar-refractivity contribution in [3.63, 3.8) is 0 Å². The Morgan fingerprint density at radius 3 is 2.79 bits per heavy atom. The van der Waals surface area contributed by atoms with Gasteiger partial charge in [0, 0.05) is 23.6 Å². The lowest BCUT2D eigenvalue weighted by atomic mass is 10.2. The molecule has 0 saturated carbocycles. The van der Waals surface area contributed by atoms with Crippen LogP contribution in [0.3, 0.4) is 0 Å². The Balaban J connectivity index is 1.60. The van der Waals surface area contributed by atoms with Gasteiger partial charge in [-0.1, -0.05) is 35.0 Å². The lowest BCUT2D eigenvalue weighted by Gasteiger charge is -2.14. The minimum absolute atomic E-state index is 0.159. The molecule has 1 atom stereocenters. The second kappa shape index (κ2) is 9.57. The summed E-state index contributed by atoms with van der Waals surface area (Å²) in [6.45, 7) is 1.79. The maximum absolute atomic E-state index is 12.5. The molecule has 3 rings (SSSR count). The normalized spacial score (nSPS) is 11.9. The molecule has 2 aromatic heterocycles. The van der Waals surface area contributed by atoms with Gasteiger partial charge in [-0.2, -0.15) is 0 Å². The number of thiazole rings is 1. The smallest absolute Gasteiger partial charge is 0.253 e. The van der Waals surface area contributed by atoms with Crippen molar-refractivity contribution in [2.45, 2.75) is 18.1 Å². The number of carbonyl (C=O) groups excluding carboxylic acids is 2. The Bertz CT molecular complexity index is 1030. The number of halogens is 2. The molecular weight excluding hydrogens is 455 g/mol. The van der Waals surface area contributed by atoms with Gasteiger partial charge in [-0.15, -0.1) is 21.5 Å². The summed E-state index contributed by atoms with van der Waals surface area (Å²) in [5.74, 6) is 0.172. The van der Waals surface area contributed by atoms with Crippen LogP contribution in [0.2, 0.25) is 10.0 Å². The first-order valence-electron chi connectivity index (χ1n) is 8.32. The molecule has 2 heterocycles. The maximum atomic E-state index is 12.5. The quantitative estimate of drug-likeness (QED) is 0.509. The molecule has 3 aromatic rings. The van der Waals surface area contributed by atoms with E-state index >= 15 is 0 Å². The van der Waals surface area contributed by atoms with Gasteiger partial charge in [0.25, 0.3) is 5.91 Å². The number of hydrogen-bond acceptors (Lipinski definition) is 7. The number of thioether (sulfide) groups is 1. The third kappa shape index (κ3) is 5.47. The van der Waals surface area contributed by atoms with Crippen LogP contribution >= 0.6 is 46.3 Å². The summed E-state index contributed by atoms with van der Waals surface area (Å²) in [6, 6.07) is 4.24. The highest BCUT2D eigenvalue weighted by molar-refractivity contribution is 7.99. The number of benzene rings is 1. The Kier molecular flexibility index (Phi) is 7.12. The zero-order valence-corrected chi connectivity index (χ0v) is 18.5. The number of amides is 2. The van der Waals surface area contributed by atoms with Crippen molar-refractivity contribution in [2.24, 2.45) is 7.05 Å². The van der Waals surface area contributed by atoms with Crippen molar-refractivity contribution in [3.8, 4) is 0 Å². The van der Waals surface area contributed by atoms with Gasteiger partial charge < -0.3 is 15.2 Å². The lowest BCUT2D eigenvalue weighted by molar-refractivity contribution is -0.113. The number of aromatic nitrogens is 4. The molecule has 8 nitrogen and oxygen atoms in total. The lowest BCUT2D eigenvalue weighted by Crippen LogP contribution is -2.28. The van der Waals surface area contributed by atoms with E-state index in [-0.39, 0.29) is 22.6 Å². The summed E-state index contributed by atoms with van der Waals surface area (Å²) in [4.78, 5) is 28.5. The molecule has 152 valence electrons. The van der Waals surface area contributed by atoms with Crippen LogP contribution in [0.5, 0.6) is 0 Å². The molecule has 0 unspecified atom stereocenters. The van der Waals surface area contributed by atoms with Crippen molar-refractivity contribution in [2.75, 3.05) is 11.1 Å². The molecule has 0 aliphatic carbocycles. The molecular formula is C17H16Cl2N6O2S2. The average molecular weight is 471 g/mol. The Morgan fingerprint density at radius 1 is 1.31 bits per heavy atom. The summed E-state index contributed by atoms with van der Waals surface area (Å²) in [6.07, 6.45) is 1.62. The highest BCUT2D eigenvalue weighted by Crippen LogP contribution is 2.23. The highest BCUT2D eigenvalue weighted by atomic mass is 35.5. The van der Waals surface area contributed by atoms with E-state index in [2.05, 4.69) is 25.8 Å². The van der Waals surface area contributed by atoms with Crippen LogP contribution < -0.4 is 10.6 Å². The molecule has 2 N–H and O–H groups in total. The largest absolute Gasteiger partial charge is 0.342 e. The molecule has 0 aliphatic rings. The van der Waals surface area contributed by atoms with Crippen molar-refractivity contribution in [3.05, 3.63) is 51.2 Å². The van der Waals surface area contributed by atoms with Crippen molar-refractivity contribution < 1.29 is 9.59 Å².